The number of aliphatic hydroxyl groups is 1. The van der Waals surface area contributed by atoms with Gasteiger partial charge in [-0.25, -0.2) is 0 Å². The van der Waals surface area contributed by atoms with E-state index < -0.39 is 5.60 Å². The van der Waals surface area contributed by atoms with Crippen molar-refractivity contribution in [3.8, 4) is 0 Å². The molecule has 1 rings (SSSR count). The molecule has 1 saturated heterocycles. The van der Waals surface area contributed by atoms with Gasteiger partial charge in [0.25, 0.3) is 0 Å². The molecule has 0 saturated carbocycles. The van der Waals surface area contributed by atoms with Crippen LogP contribution in [0, 0.1) is 5.92 Å². The smallest absolute Gasteiger partial charge is 0.191 e. The first-order valence-corrected chi connectivity index (χ1v) is 7.39. The molecule has 2 unspecified atom stereocenters. The van der Waals surface area contributed by atoms with Crippen LogP contribution >= 0.6 is 35.7 Å². The Morgan fingerprint density at radius 2 is 2.11 bits per heavy atom. The maximum atomic E-state index is 10.2. The summed E-state index contributed by atoms with van der Waals surface area (Å²) >= 11 is 1.81. The Bertz CT molecular complexity index is 268. The van der Waals surface area contributed by atoms with E-state index in [4.69, 9.17) is 0 Å². The van der Waals surface area contributed by atoms with E-state index in [1.54, 1.807) is 7.05 Å². The third kappa shape index (κ3) is 5.97. The van der Waals surface area contributed by atoms with Gasteiger partial charge in [0.2, 0.25) is 0 Å². The number of nitrogens with one attached hydrogen (secondary N) is 2. The molecule has 3 N–H and O–H groups in total. The fourth-order valence-electron chi connectivity index (χ4n) is 1.56. The van der Waals surface area contributed by atoms with Crippen LogP contribution < -0.4 is 10.6 Å². The first-order chi connectivity index (χ1) is 7.97. The van der Waals surface area contributed by atoms with Gasteiger partial charge in [0.05, 0.1) is 5.60 Å². The third-order valence-corrected chi connectivity index (χ3v) is 4.49. The molecule has 1 aliphatic rings. The Labute approximate surface area is 132 Å². The lowest BCUT2D eigenvalue weighted by atomic mass is 10.0. The van der Waals surface area contributed by atoms with Crippen LogP contribution in [-0.2, 0) is 0 Å². The average Bonchev–Trinajstić information content (AvgIpc) is 2.71. The first kappa shape index (κ1) is 18.3. The minimum atomic E-state index is -0.566. The van der Waals surface area contributed by atoms with E-state index in [0.717, 1.165) is 23.9 Å². The Morgan fingerprint density at radius 3 is 2.56 bits per heavy atom. The third-order valence-electron chi connectivity index (χ3n) is 3.26. The number of rotatable bonds is 4. The molecule has 108 valence electrons. The van der Waals surface area contributed by atoms with E-state index >= 15 is 0 Å². The van der Waals surface area contributed by atoms with Crippen LogP contribution in [0.5, 0.6) is 0 Å². The minimum absolute atomic E-state index is 0. The van der Waals surface area contributed by atoms with Gasteiger partial charge in [0.1, 0.15) is 0 Å². The monoisotopic (exact) mass is 387 g/mol. The second kappa shape index (κ2) is 8.47. The Balaban J connectivity index is 0.00000289. The summed E-state index contributed by atoms with van der Waals surface area (Å²) in [6, 6.07) is 0.369. The number of halogens is 1. The van der Waals surface area contributed by atoms with Gasteiger partial charge in [-0.15, -0.1) is 24.0 Å². The van der Waals surface area contributed by atoms with Crippen molar-refractivity contribution in [1.82, 2.24) is 10.6 Å². The fraction of sp³-hybridized carbons (Fsp3) is 0.917. The van der Waals surface area contributed by atoms with E-state index in [1.807, 2.05) is 11.8 Å². The summed E-state index contributed by atoms with van der Waals surface area (Å²) in [5.74, 6) is 3.19. The summed E-state index contributed by atoms with van der Waals surface area (Å²) < 4.78 is 0. The predicted octanol–water partition coefficient (Wildman–Crippen LogP) is 1.68. The Hall–Kier alpha value is 0.310. The van der Waals surface area contributed by atoms with Crippen LogP contribution in [0.3, 0.4) is 0 Å². The van der Waals surface area contributed by atoms with E-state index in [-0.39, 0.29) is 24.0 Å². The summed E-state index contributed by atoms with van der Waals surface area (Å²) in [6.45, 7) is 7.06. The molecule has 0 aromatic rings. The molecule has 0 amide bonds. The normalized spacial score (nSPS) is 25.8. The summed E-state index contributed by atoms with van der Waals surface area (Å²) in [5.41, 5.74) is -0.566. The van der Waals surface area contributed by atoms with Gasteiger partial charge in [0.15, 0.2) is 5.96 Å². The molecular weight excluding hydrogens is 361 g/mol. The second-order valence-electron chi connectivity index (χ2n) is 5.13. The van der Waals surface area contributed by atoms with Gasteiger partial charge >= 0.3 is 0 Å². The lowest BCUT2D eigenvalue weighted by Gasteiger charge is -2.25. The molecule has 18 heavy (non-hydrogen) atoms. The molecule has 1 fully saturated rings. The van der Waals surface area contributed by atoms with Crippen molar-refractivity contribution in [3.63, 3.8) is 0 Å². The number of aliphatic imine (C=N–C) groups is 1. The Kier molecular flexibility index (Phi) is 8.62. The average molecular weight is 387 g/mol. The van der Waals surface area contributed by atoms with Crippen molar-refractivity contribution < 1.29 is 5.11 Å². The molecule has 2 atom stereocenters. The maximum absolute atomic E-state index is 10.2. The summed E-state index contributed by atoms with van der Waals surface area (Å²) in [4.78, 5) is 4.18. The van der Waals surface area contributed by atoms with Gasteiger partial charge in [-0.3, -0.25) is 4.99 Å². The van der Waals surface area contributed by atoms with Crippen molar-refractivity contribution in [2.45, 2.75) is 38.8 Å². The summed E-state index contributed by atoms with van der Waals surface area (Å²) in [7, 11) is 1.76. The zero-order valence-corrected chi connectivity index (χ0v) is 14.8. The molecule has 0 aromatic carbocycles. The highest BCUT2D eigenvalue weighted by molar-refractivity contribution is 14.0. The molecule has 1 aliphatic heterocycles. The first-order valence-electron chi connectivity index (χ1n) is 6.24. The van der Waals surface area contributed by atoms with E-state index in [1.165, 1.54) is 0 Å². The van der Waals surface area contributed by atoms with Crippen LogP contribution in [-0.4, -0.2) is 47.8 Å². The maximum Gasteiger partial charge on any atom is 0.191 e. The number of hydrogen-bond donors (Lipinski definition) is 3. The standard InChI is InChI=1S/C12H25N3OS.HI/c1-9(2)10(3)15-11(13-4)14-7-12(16)5-6-17-8-12;/h9-10,16H,5-8H2,1-4H3,(H2,13,14,15);1H. The predicted molar refractivity (Wildman–Crippen MR) is 91.1 cm³/mol. The highest BCUT2D eigenvalue weighted by Gasteiger charge is 2.31. The topological polar surface area (TPSA) is 56.7 Å². The van der Waals surface area contributed by atoms with Gasteiger partial charge in [0, 0.05) is 25.4 Å². The fourth-order valence-corrected chi connectivity index (χ4v) is 2.86. The van der Waals surface area contributed by atoms with E-state index in [9.17, 15) is 5.11 Å². The highest BCUT2D eigenvalue weighted by Crippen LogP contribution is 2.26. The van der Waals surface area contributed by atoms with Crippen molar-refractivity contribution in [2.75, 3.05) is 25.1 Å². The zero-order chi connectivity index (χ0) is 12.9. The van der Waals surface area contributed by atoms with Crippen molar-refractivity contribution in [2.24, 2.45) is 10.9 Å². The molecule has 4 nitrogen and oxygen atoms in total. The van der Waals surface area contributed by atoms with Crippen molar-refractivity contribution in [3.05, 3.63) is 0 Å². The van der Waals surface area contributed by atoms with Gasteiger partial charge in [-0.05, 0) is 25.0 Å². The molecule has 0 aromatic heterocycles. The lowest BCUT2D eigenvalue weighted by Crippen LogP contribution is -2.50. The van der Waals surface area contributed by atoms with Gasteiger partial charge in [-0.1, -0.05) is 13.8 Å². The summed E-state index contributed by atoms with van der Waals surface area (Å²) in [6.07, 6.45) is 0.862. The number of guanidine groups is 1. The molecule has 0 spiro atoms. The van der Waals surface area contributed by atoms with Gasteiger partial charge < -0.3 is 15.7 Å². The number of thioether (sulfide) groups is 1. The SMILES string of the molecule is CN=C(NCC1(O)CCSC1)NC(C)C(C)C.I. The highest BCUT2D eigenvalue weighted by atomic mass is 127. The molecule has 1 heterocycles. The van der Waals surface area contributed by atoms with Crippen LogP contribution in [0.25, 0.3) is 0 Å². The molecule has 6 heteroatoms. The number of nitrogens with zero attached hydrogens (tertiary/aromatic N) is 1. The molecule has 0 aliphatic carbocycles. The van der Waals surface area contributed by atoms with Crippen LogP contribution in [0.2, 0.25) is 0 Å². The lowest BCUT2D eigenvalue weighted by molar-refractivity contribution is 0.0723. The summed E-state index contributed by atoms with van der Waals surface area (Å²) in [5, 5.41) is 16.8. The quantitative estimate of drug-likeness (QED) is 0.390. The molecular formula is C12H26IN3OS. The zero-order valence-electron chi connectivity index (χ0n) is 11.7. The van der Waals surface area contributed by atoms with Crippen LogP contribution in [0.4, 0.5) is 0 Å². The van der Waals surface area contributed by atoms with Crippen LogP contribution in [0.15, 0.2) is 4.99 Å². The second-order valence-corrected chi connectivity index (χ2v) is 6.23. The van der Waals surface area contributed by atoms with Crippen LogP contribution in [0.1, 0.15) is 27.2 Å². The van der Waals surface area contributed by atoms with Crippen molar-refractivity contribution in [1.29, 1.82) is 0 Å². The Morgan fingerprint density at radius 1 is 1.44 bits per heavy atom. The molecule has 0 radical (unpaired) electrons. The minimum Gasteiger partial charge on any atom is -0.387 e. The van der Waals surface area contributed by atoms with E-state index in [2.05, 4.69) is 36.4 Å². The largest absolute Gasteiger partial charge is 0.387 e. The number of hydrogen-bond acceptors (Lipinski definition) is 3. The van der Waals surface area contributed by atoms with E-state index in [0.29, 0.717) is 18.5 Å². The molecule has 0 bridgehead atoms. The van der Waals surface area contributed by atoms with Crippen molar-refractivity contribution >= 4 is 41.7 Å². The van der Waals surface area contributed by atoms with Gasteiger partial charge in [-0.2, -0.15) is 11.8 Å².